The molecule has 6 nitrogen and oxygen atoms in total. The second-order valence-electron chi connectivity index (χ2n) is 8.12. The molecule has 32 heavy (non-hydrogen) atoms. The van der Waals surface area contributed by atoms with Crippen LogP contribution in [-0.4, -0.2) is 49.8 Å². The third-order valence-corrected chi connectivity index (χ3v) is 6.10. The summed E-state index contributed by atoms with van der Waals surface area (Å²) >= 11 is 0. The fourth-order valence-corrected chi connectivity index (χ4v) is 4.35. The predicted molar refractivity (Wildman–Crippen MR) is 129 cm³/mol. The Labute approximate surface area is 188 Å². The van der Waals surface area contributed by atoms with Crippen LogP contribution in [0.4, 0.5) is 5.69 Å². The molecule has 3 heterocycles. The molecule has 0 saturated carbocycles. The largest absolute Gasteiger partial charge is 0.493 e. The number of fused-ring (bicyclic) bond motifs is 1. The highest BCUT2D eigenvalue weighted by Crippen LogP contribution is 2.33. The second kappa shape index (κ2) is 8.55. The van der Waals surface area contributed by atoms with Crippen LogP contribution in [0.5, 0.6) is 11.5 Å². The monoisotopic (exact) mass is 428 g/mol. The SMILES string of the molecule is COc1ccc(-c2cn3cc(-c4ccc(N5CCNCC5)cc4)cc(C)c3n2)cc1OC. The highest BCUT2D eigenvalue weighted by Gasteiger charge is 2.13. The second-order valence-corrected chi connectivity index (χ2v) is 8.12. The Morgan fingerprint density at radius 2 is 1.53 bits per heavy atom. The van der Waals surface area contributed by atoms with Crippen molar-refractivity contribution in [3.63, 3.8) is 0 Å². The van der Waals surface area contributed by atoms with E-state index in [0.29, 0.717) is 11.5 Å². The van der Waals surface area contributed by atoms with E-state index < -0.39 is 0 Å². The normalized spacial score (nSPS) is 14.0. The van der Waals surface area contributed by atoms with Crippen molar-refractivity contribution in [3.05, 3.63) is 66.5 Å². The summed E-state index contributed by atoms with van der Waals surface area (Å²) in [6.07, 6.45) is 4.22. The summed E-state index contributed by atoms with van der Waals surface area (Å²) in [4.78, 5) is 7.31. The lowest BCUT2D eigenvalue weighted by Gasteiger charge is -2.29. The highest BCUT2D eigenvalue weighted by molar-refractivity contribution is 5.72. The number of aromatic nitrogens is 2. The third kappa shape index (κ3) is 3.78. The molecule has 0 bridgehead atoms. The fourth-order valence-electron chi connectivity index (χ4n) is 4.35. The number of nitrogens with zero attached hydrogens (tertiary/aromatic N) is 3. The summed E-state index contributed by atoms with van der Waals surface area (Å²) in [6, 6.07) is 17.0. The molecule has 6 heteroatoms. The molecule has 4 aromatic rings. The number of ether oxygens (including phenoxy) is 2. The smallest absolute Gasteiger partial charge is 0.161 e. The maximum absolute atomic E-state index is 5.46. The van der Waals surface area contributed by atoms with E-state index in [2.05, 4.69) is 64.3 Å². The first kappa shape index (κ1) is 20.4. The van der Waals surface area contributed by atoms with Crippen LogP contribution in [0, 0.1) is 6.92 Å². The van der Waals surface area contributed by atoms with E-state index >= 15 is 0 Å². The lowest BCUT2D eigenvalue weighted by molar-refractivity contribution is 0.355. The number of anilines is 1. The van der Waals surface area contributed by atoms with Gasteiger partial charge in [0.1, 0.15) is 5.65 Å². The fraction of sp³-hybridized carbons (Fsp3) is 0.269. The van der Waals surface area contributed by atoms with Crippen molar-refractivity contribution in [2.75, 3.05) is 45.3 Å². The summed E-state index contributed by atoms with van der Waals surface area (Å²) in [7, 11) is 3.29. The number of aryl methyl sites for hydroxylation is 1. The lowest BCUT2D eigenvalue weighted by Crippen LogP contribution is -2.43. The van der Waals surface area contributed by atoms with Gasteiger partial charge in [0.2, 0.25) is 0 Å². The van der Waals surface area contributed by atoms with E-state index in [0.717, 1.165) is 48.6 Å². The van der Waals surface area contributed by atoms with Gasteiger partial charge < -0.3 is 24.1 Å². The van der Waals surface area contributed by atoms with Crippen LogP contribution in [0.1, 0.15) is 5.56 Å². The number of hydrogen-bond acceptors (Lipinski definition) is 5. The van der Waals surface area contributed by atoms with Crippen molar-refractivity contribution in [1.29, 1.82) is 0 Å². The molecule has 2 aromatic heterocycles. The van der Waals surface area contributed by atoms with E-state index in [4.69, 9.17) is 14.5 Å². The van der Waals surface area contributed by atoms with Gasteiger partial charge in [0.15, 0.2) is 11.5 Å². The van der Waals surface area contributed by atoms with Gasteiger partial charge in [0.05, 0.1) is 19.9 Å². The van der Waals surface area contributed by atoms with Crippen LogP contribution in [0.3, 0.4) is 0 Å². The number of rotatable bonds is 5. The molecule has 1 N–H and O–H groups in total. The molecule has 0 spiro atoms. The van der Waals surface area contributed by atoms with Gasteiger partial charge in [-0.3, -0.25) is 0 Å². The number of methoxy groups -OCH3 is 2. The van der Waals surface area contributed by atoms with Gasteiger partial charge >= 0.3 is 0 Å². The van der Waals surface area contributed by atoms with E-state index in [1.807, 2.05) is 18.2 Å². The van der Waals surface area contributed by atoms with Crippen molar-refractivity contribution in [2.24, 2.45) is 0 Å². The summed E-state index contributed by atoms with van der Waals surface area (Å²) in [6.45, 7) is 6.30. The Morgan fingerprint density at radius 3 is 2.25 bits per heavy atom. The van der Waals surface area contributed by atoms with Crippen LogP contribution < -0.4 is 19.7 Å². The predicted octanol–water partition coefficient (Wildman–Crippen LogP) is 4.40. The van der Waals surface area contributed by atoms with Crippen molar-refractivity contribution in [2.45, 2.75) is 6.92 Å². The molecule has 5 rings (SSSR count). The summed E-state index contributed by atoms with van der Waals surface area (Å²) in [5.41, 5.74) is 7.66. The van der Waals surface area contributed by atoms with Crippen LogP contribution in [-0.2, 0) is 0 Å². The lowest BCUT2D eigenvalue weighted by atomic mass is 10.1. The number of pyridine rings is 1. The van der Waals surface area contributed by atoms with Crippen molar-refractivity contribution in [3.8, 4) is 33.9 Å². The van der Waals surface area contributed by atoms with E-state index in [-0.39, 0.29) is 0 Å². The van der Waals surface area contributed by atoms with Crippen LogP contribution in [0.2, 0.25) is 0 Å². The zero-order valence-corrected chi connectivity index (χ0v) is 18.8. The third-order valence-electron chi connectivity index (χ3n) is 6.10. The first-order chi connectivity index (χ1) is 15.7. The summed E-state index contributed by atoms with van der Waals surface area (Å²) in [5.74, 6) is 1.41. The first-order valence-electron chi connectivity index (χ1n) is 10.9. The molecule has 1 aliphatic heterocycles. The topological polar surface area (TPSA) is 51.0 Å². The molecule has 0 aliphatic carbocycles. The minimum atomic E-state index is 0.698. The number of hydrogen-bond donors (Lipinski definition) is 1. The molecule has 2 aromatic carbocycles. The van der Waals surface area contributed by atoms with Crippen molar-refractivity contribution in [1.82, 2.24) is 14.7 Å². The van der Waals surface area contributed by atoms with Gasteiger partial charge in [-0.15, -0.1) is 0 Å². The molecular weight excluding hydrogens is 400 g/mol. The Bertz CT molecular complexity index is 1240. The molecular formula is C26H28N4O2. The Balaban J connectivity index is 1.47. The van der Waals surface area contributed by atoms with Crippen LogP contribution in [0.25, 0.3) is 28.0 Å². The van der Waals surface area contributed by atoms with Crippen LogP contribution in [0.15, 0.2) is 60.9 Å². The Kier molecular flexibility index (Phi) is 5.45. The molecule has 1 saturated heterocycles. The molecule has 0 atom stereocenters. The quantitative estimate of drug-likeness (QED) is 0.511. The van der Waals surface area contributed by atoms with E-state index in [1.54, 1.807) is 14.2 Å². The summed E-state index contributed by atoms with van der Waals surface area (Å²) < 4.78 is 12.9. The van der Waals surface area contributed by atoms with Gasteiger partial charge in [0, 0.05) is 49.8 Å². The van der Waals surface area contributed by atoms with Crippen LogP contribution >= 0.6 is 0 Å². The van der Waals surface area contributed by atoms with Crippen molar-refractivity contribution >= 4 is 11.3 Å². The standard InChI is InChI=1S/C26H28N4O2/c1-18-14-21(19-4-7-22(8-5-19)29-12-10-27-11-13-29)16-30-17-23(28-26(18)30)20-6-9-24(31-2)25(15-20)32-3/h4-9,14-17,27H,10-13H2,1-3H3. The maximum atomic E-state index is 5.46. The number of imidazole rings is 1. The minimum absolute atomic E-state index is 0.698. The van der Waals surface area contributed by atoms with Crippen molar-refractivity contribution < 1.29 is 9.47 Å². The zero-order chi connectivity index (χ0) is 22.1. The summed E-state index contributed by atoms with van der Waals surface area (Å²) in [5, 5.41) is 3.41. The number of nitrogens with one attached hydrogen (secondary N) is 1. The molecule has 0 radical (unpaired) electrons. The molecule has 0 unspecified atom stereocenters. The molecule has 1 fully saturated rings. The molecule has 164 valence electrons. The maximum Gasteiger partial charge on any atom is 0.161 e. The number of benzene rings is 2. The zero-order valence-electron chi connectivity index (χ0n) is 18.8. The van der Waals surface area contributed by atoms with E-state index in [1.165, 1.54) is 16.8 Å². The van der Waals surface area contributed by atoms with Gasteiger partial charge in [-0.05, 0) is 60.0 Å². The molecule has 1 aliphatic rings. The minimum Gasteiger partial charge on any atom is -0.493 e. The van der Waals surface area contributed by atoms with Gasteiger partial charge in [0.25, 0.3) is 0 Å². The average molecular weight is 429 g/mol. The van der Waals surface area contributed by atoms with E-state index in [9.17, 15) is 0 Å². The average Bonchev–Trinajstić information content (AvgIpc) is 3.29. The van der Waals surface area contributed by atoms with Gasteiger partial charge in [-0.25, -0.2) is 4.98 Å². The first-order valence-corrected chi connectivity index (χ1v) is 10.9. The highest BCUT2D eigenvalue weighted by atomic mass is 16.5. The Morgan fingerprint density at radius 1 is 0.812 bits per heavy atom. The molecule has 0 amide bonds. The number of piperazine rings is 1. The van der Waals surface area contributed by atoms with Gasteiger partial charge in [-0.2, -0.15) is 0 Å². The van der Waals surface area contributed by atoms with Gasteiger partial charge in [-0.1, -0.05) is 12.1 Å². The Hall–Kier alpha value is -3.51.